The zero-order valence-corrected chi connectivity index (χ0v) is 12.0. The summed E-state index contributed by atoms with van der Waals surface area (Å²) in [4.78, 5) is 12.8. The fourth-order valence-corrected chi connectivity index (χ4v) is 2.58. The minimum Gasteiger partial charge on any atom is -0.476 e. The van der Waals surface area contributed by atoms with Gasteiger partial charge in [0, 0.05) is 20.1 Å². The van der Waals surface area contributed by atoms with Crippen LogP contribution < -0.4 is 15.4 Å². The van der Waals surface area contributed by atoms with Crippen molar-refractivity contribution in [3.05, 3.63) is 6.33 Å². The number of hydrogen-bond donors (Lipinski definition) is 1. The smallest absolute Gasteiger partial charge is 0.242 e. The average Bonchev–Trinajstić information content (AvgIpc) is 2.77. The molecule has 0 aromatic carbocycles. The van der Waals surface area contributed by atoms with Gasteiger partial charge in [0.15, 0.2) is 5.82 Å². The normalized spacial score (nSPS) is 19.6. The molecule has 1 aliphatic rings. The lowest BCUT2D eigenvalue weighted by atomic mass is 10.1. The van der Waals surface area contributed by atoms with E-state index in [0.717, 1.165) is 18.9 Å². The maximum atomic E-state index is 6.07. The average molecular weight is 265 g/mol. The molecule has 1 fully saturated rings. The first-order valence-electron chi connectivity index (χ1n) is 6.74. The van der Waals surface area contributed by atoms with Crippen molar-refractivity contribution in [1.29, 1.82) is 0 Å². The lowest BCUT2D eigenvalue weighted by Gasteiger charge is -2.23. The van der Waals surface area contributed by atoms with Crippen LogP contribution >= 0.6 is 0 Å². The lowest BCUT2D eigenvalue weighted by molar-refractivity contribution is 0.328. The zero-order chi connectivity index (χ0) is 13.8. The van der Waals surface area contributed by atoms with Crippen molar-refractivity contribution in [2.45, 2.75) is 13.3 Å². The molecule has 0 saturated carbocycles. The summed E-state index contributed by atoms with van der Waals surface area (Å²) >= 11 is 0. The van der Waals surface area contributed by atoms with Gasteiger partial charge in [0.05, 0.1) is 6.61 Å². The Morgan fingerprint density at radius 2 is 2.32 bits per heavy atom. The fourth-order valence-electron chi connectivity index (χ4n) is 2.58. The highest BCUT2D eigenvalue weighted by Crippen LogP contribution is 2.28. The van der Waals surface area contributed by atoms with Gasteiger partial charge in [-0.2, -0.15) is 4.98 Å². The summed E-state index contributed by atoms with van der Waals surface area (Å²) in [6.45, 7) is 5.73. The van der Waals surface area contributed by atoms with Crippen LogP contribution in [-0.2, 0) is 0 Å². The number of rotatable bonds is 5. The molecule has 2 rings (SSSR count). The van der Waals surface area contributed by atoms with Gasteiger partial charge >= 0.3 is 0 Å². The van der Waals surface area contributed by atoms with Gasteiger partial charge in [-0.1, -0.05) is 0 Å². The van der Waals surface area contributed by atoms with Crippen LogP contribution in [0.25, 0.3) is 0 Å². The van der Waals surface area contributed by atoms with Crippen LogP contribution in [0.5, 0.6) is 5.88 Å². The minimum absolute atomic E-state index is 0.475. The maximum Gasteiger partial charge on any atom is 0.242 e. The number of nitrogens with zero attached hydrogens (tertiary/aromatic N) is 4. The number of likely N-dealkylation sites (tertiary alicyclic amines) is 1. The van der Waals surface area contributed by atoms with Crippen LogP contribution in [0.3, 0.4) is 0 Å². The van der Waals surface area contributed by atoms with Gasteiger partial charge in [-0.3, -0.25) is 0 Å². The molecule has 0 aliphatic carbocycles. The molecular formula is C13H23N5O. The van der Waals surface area contributed by atoms with Crippen LogP contribution in [0.2, 0.25) is 0 Å². The topological polar surface area (TPSA) is 67.5 Å². The Bertz CT molecular complexity index is 425. The van der Waals surface area contributed by atoms with E-state index >= 15 is 0 Å². The van der Waals surface area contributed by atoms with Gasteiger partial charge < -0.3 is 20.3 Å². The molecule has 19 heavy (non-hydrogen) atoms. The monoisotopic (exact) mass is 265 g/mol. The molecule has 106 valence electrons. The Labute approximate surface area is 114 Å². The lowest BCUT2D eigenvalue weighted by Crippen LogP contribution is -2.28. The SMILES string of the molecule is CCOc1ncnc(N(C)CC2CCN(C)C2)c1N. The molecule has 6 heteroatoms. The quantitative estimate of drug-likeness (QED) is 0.851. The Morgan fingerprint density at radius 1 is 1.53 bits per heavy atom. The van der Waals surface area contributed by atoms with Crippen molar-refractivity contribution >= 4 is 11.5 Å². The predicted molar refractivity (Wildman–Crippen MR) is 76.5 cm³/mol. The first-order valence-corrected chi connectivity index (χ1v) is 6.74. The van der Waals surface area contributed by atoms with E-state index in [4.69, 9.17) is 10.5 Å². The predicted octanol–water partition coefficient (Wildman–Crippen LogP) is 0.845. The van der Waals surface area contributed by atoms with Gasteiger partial charge in [-0.05, 0) is 32.9 Å². The summed E-state index contributed by atoms with van der Waals surface area (Å²) in [7, 11) is 4.18. The van der Waals surface area contributed by atoms with Crippen molar-refractivity contribution in [2.24, 2.45) is 5.92 Å². The second kappa shape index (κ2) is 6.06. The van der Waals surface area contributed by atoms with Crippen molar-refractivity contribution in [3.8, 4) is 5.88 Å². The number of anilines is 2. The van der Waals surface area contributed by atoms with E-state index in [1.54, 1.807) is 0 Å². The Morgan fingerprint density at radius 3 is 2.95 bits per heavy atom. The zero-order valence-electron chi connectivity index (χ0n) is 12.0. The third-order valence-electron chi connectivity index (χ3n) is 3.49. The molecule has 1 saturated heterocycles. The van der Waals surface area contributed by atoms with E-state index < -0.39 is 0 Å². The number of aromatic nitrogens is 2. The number of ether oxygens (including phenoxy) is 1. The highest BCUT2D eigenvalue weighted by Gasteiger charge is 2.22. The molecule has 0 amide bonds. The van der Waals surface area contributed by atoms with Crippen molar-refractivity contribution in [3.63, 3.8) is 0 Å². The van der Waals surface area contributed by atoms with Gasteiger partial charge in [0.2, 0.25) is 5.88 Å². The van der Waals surface area contributed by atoms with Crippen LogP contribution in [0, 0.1) is 5.92 Å². The summed E-state index contributed by atoms with van der Waals surface area (Å²) in [6, 6.07) is 0. The van der Waals surface area contributed by atoms with Crippen LogP contribution in [0.1, 0.15) is 13.3 Å². The molecule has 0 radical (unpaired) electrons. The molecule has 0 spiro atoms. The van der Waals surface area contributed by atoms with Crippen LogP contribution in [0.4, 0.5) is 11.5 Å². The van der Waals surface area contributed by atoms with Gasteiger partial charge in [-0.15, -0.1) is 0 Å². The van der Waals surface area contributed by atoms with Crippen LogP contribution in [0.15, 0.2) is 6.33 Å². The van der Waals surface area contributed by atoms with Gasteiger partial charge in [-0.25, -0.2) is 4.98 Å². The van der Waals surface area contributed by atoms with E-state index in [-0.39, 0.29) is 0 Å². The van der Waals surface area contributed by atoms with E-state index in [9.17, 15) is 0 Å². The highest BCUT2D eigenvalue weighted by molar-refractivity contribution is 5.67. The Balaban J connectivity index is 2.06. The van der Waals surface area contributed by atoms with Crippen LogP contribution in [-0.4, -0.2) is 55.2 Å². The minimum atomic E-state index is 0.475. The van der Waals surface area contributed by atoms with E-state index in [1.165, 1.54) is 19.3 Å². The third kappa shape index (κ3) is 3.26. The second-order valence-electron chi connectivity index (χ2n) is 5.15. The molecule has 1 aliphatic heterocycles. The maximum absolute atomic E-state index is 6.07. The van der Waals surface area contributed by atoms with Crippen molar-refractivity contribution < 1.29 is 4.74 Å². The molecule has 0 bridgehead atoms. The Hall–Kier alpha value is -1.56. The molecule has 1 aromatic rings. The molecule has 1 atom stereocenters. The fraction of sp³-hybridized carbons (Fsp3) is 0.692. The number of nitrogens with two attached hydrogens (primary N) is 1. The Kier molecular flexibility index (Phi) is 4.42. The third-order valence-corrected chi connectivity index (χ3v) is 3.49. The molecule has 1 unspecified atom stereocenters. The van der Waals surface area contributed by atoms with Gasteiger partial charge in [0.1, 0.15) is 12.0 Å². The number of nitrogen functional groups attached to an aromatic ring is 1. The van der Waals surface area contributed by atoms with E-state index in [1.807, 2.05) is 14.0 Å². The molecule has 2 N–H and O–H groups in total. The summed E-state index contributed by atoms with van der Waals surface area (Å²) < 4.78 is 5.40. The largest absolute Gasteiger partial charge is 0.476 e. The van der Waals surface area contributed by atoms with E-state index in [0.29, 0.717) is 24.1 Å². The molecule has 2 heterocycles. The van der Waals surface area contributed by atoms with Crippen molar-refractivity contribution in [1.82, 2.24) is 14.9 Å². The first kappa shape index (κ1) is 13.9. The number of hydrogen-bond acceptors (Lipinski definition) is 6. The standard InChI is InChI=1S/C13H23N5O/c1-4-19-13-11(14)12(15-9-16-13)18(3)8-10-5-6-17(2)7-10/h9-10H,4-8,14H2,1-3H3. The van der Waals surface area contributed by atoms with Gasteiger partial charge in [0.25, 0.3) is 0 Å². The summed E-state index contributed by atoms with van der Waals surface area (Å²) in [5.41, 5.74) is 6.60. The molecule has 6 nitrogen and oxygen atoms in total. The summed E-state index contributed by atoms with van der Waals surface area (Å²) in [5.74, 6) is 1.90. The molecular weight excluding hydrogens is 242 g/mol. The van der Waals surface area contributed by atoms with E-state index in [2.05, 4.69) is 26.8 Å². The summed E-state index contributed by atoms with van der Waals surface area (Å²) in [5, 5.41) is 0. The second-order valence-corrected chi connectivity index (χ2v) is 5.15. The molecule has 1 aromatic heterocycles. The summed E-state index contributed by atoms with van der Waals surface area (Å²) in [6.07, 6.45) is 2.73. The van der Waals surface area contributed by atoms with Crippen molar-refractivity contribution in [2.75, 3.05) is 51.0 Å². The first-order chi connectivity index (χ1) is 9.11. The highest BCUT2D eigenvalue weighted by atomic mass is 16.5.